The lowest BCUT2D eigenvalue weighted by Gasteiger charge is -1.81. The van der Waals surface area contributed by atoms with E-state index in [9.17, 15) is 4.57 Å². The van der Waals surface area contributed by atoms with Gasteiger partial charge in [-0.15, -0.1) is 0 Å². The summed E-state index contributed by atoms with van der Waals surface area (Å²) < 4.78 is 11.2. The Morgan fingerprint density at radius 3 is 1.58 bits per heavy atom. The lowest BCUT2D eigenvalue weighted by Crippen LogP contribution is -1.56. The molecule has 0 aliphatic heterocycles. The summed E-state index contributed by atoms with van der Waals surface area (Å²) in [5, 5.41) is 3.87. The molecule has 0 saturated heterocycles. The minimum Gasteiger partial charge on any atom is -0.0660 e. The van der Waals surface area contributed by atoms with E-state index in [-0.39, 0.29) is 0 Å². The smallest absolute Gasteiger partial charge is 0.0660 e. The quantitative estimate of drug-likeness (QED) is 0.625. The first-order valence-corrected chi connectivity index (χ1v) is 7.83. The molecule has 0 aliphatic carbocycles. The van der Waals surface area contributed by atoms with Gasteiger partial charge in [-0.2, -0.15) is 0 Å². The van der Waals surface area contributed by atoms with Crippen molar-refractivity contribution in [3.63, 3.8) is 0 Å². The zero-order valence-electron chi connectivity index (χ0n) is 7.83. The fourth-order valence-corrected chi connectivity index (χ4v) is 4.12. The minimum absolute atomic E-state index is 1.20. The maximum atomic E-state index is 11.2. The maximum absolute atomic E-state index is 11.2. The van der Waals surface area contributed by atoms with Gasteiger partial charge in [-0.25, -0.2) is 0 Å². The van der Waals surface area contributed by atoms with E-state index < -0.39 is 6.20 Å². The molecule has 0 atom stereocenters. The molecule has 0 spiro atoms. The Bertz CT molecular complexity index is 191. The van der Waals surface area contributed by atoms with Gasteiger partial charge in [0, 0.05) is 10.8 Å². The third-order valence-electron chi connectivity index (χ3n) is 0.749. The van der Waals surface area contributed by atoms with E-state index in [0.717, 1.165) is 0 Å². The summed E-state index contributed by atoms with van der Waals surface area (Å²) >= 11 is 2.78. The fraction of sp³-hybridized carbons (Fsp3) is 0.500. The van der Waals surface area contributed by atoms with Crippen LogP contribution in [-0.2, 0) is 4.57 Å². The molecule has 0 aromatic heterocycles. The molecule has 0 aliphatic rings. The van der Waals surface area contributed by atoms with Crippen LogP contribution in [0.1, 0.15) is 27.7 Å². The summed E-state index contributed by atoms with van der Waals surface area (Å²) in [6, 6.07) is 0. The maximum Gasteiger partial charge on any atom is 0.492 e. The number of rotatable bonds is 4. The van der Waals surface area contributed by atoms with Crippen molar-refractivity contribution in [3.05, 3.63) is 22.0 Å². The Kier molecular flexibility index (Phi) is 6.92. The van der Waals surface area contributed by atoms with Crippen LogP contribution in [-0.4, -0.2) is 0 Å². The van der Waals surface area contributed by atoms with Crippen LogP contribution in [0, 0.1) is 0 Å². The summed E-state index contributed by atoms with van der Waals surface area (Å²) in [5.41, 5.74) is 2.39. The molecular weight excluding hydrogens is 207 g/mol. The van der Waals surface area contributed by atoms with Crippen molar-refractivity contribution in [3.8, 4) is 0 Å². The van der Waals surface area contributed by atoms with Crippen LogP contribution in [0.25, 0.3) is 0 Å². The highest BCUT2D eigenvalue weighted by Gasteiger charge is 2.15. The summed E-state index contributed by atoms with van der Waals surface area (Å²) in [7, 11) is 0. The molecule has 0 heterocycles. The highest BCUT2D eigenvalue weighted by Crippen LogP contribution is 2.52. The van der Waals surface area contributed by atoms with Crippen LogP contribution < -0.4 is 0 Å². The second kappa shape index (κ2) is 6.76. The van der Waals surface area contributed by atoms with Gasteiger partial charge in [-0.3, -0.25) is 0 Å². The van der Waals surface area contributed by atoms with Crippen LogP contribution >= 0.6 is 29.0 Å². The van der Waals surface area contributed by atoms with E-state index in [2.05, 4.69) is 0 Å². The average Bonchev–Trinajstić information content (AvgIpc) is 1.96. The molecule has 12 heavy (non-hydrogen) atoms. The molecule has 0 unspecified atom stereocenters. The van der Waals surface area contributed by atoms with Gasteiger partial charge in [0.15, 0.2) is 22.8 Å². The van der Waals surface area contributed by atoms with Crippen molar-refractivity contribution in [2.75, 3.05) is 0 Å². The first kappa shape index (κ1) is 12.3. The van der Waals surface area contributed by atoms with Gasteiger partial charge in [-0.1, -0.05) is 11.1 Å². The Balaban J connectivity index is 3.76. The predicted octanol–water partition coefficient (Wildman–Crippen LogP) is 4.96. The summed E-state index contributed by atoms with van der Waals surface area (Å²) in [6.45, 7) is 8.01. The molecule has 0 amide bonds. The molecule has 0 fully saturated rings. The summed E-state index contributed by atoms with van der Waals surface area (Å²) in [6.07, 6.45) is -1.22. The molecular formula is C8H14OPS2+. The molecule has 68 valence electrons. The van der Waals surface area contributed by atoms with Crippen LogP contribution in [0.15, 0.2) is 22.0 Å². The summed E-state index contributed by atoms with van der Waals surface area (Å²) in [4.78, 5) is 0. The topological polar surface area (TPSA) is 17.1 Å². The molecule has 0 rings (SSSR count). The highest BCUT2D eigenvalue weighted by atomic mass is 33.1. The Morgan fingerprint density at radius 2 is 1.33 bits per heavy atom. The Hall–Kier alpha value is 0.280. The summed E-state index contributed by atoms with van der Waals surface area (Å²) in [5.74, 6) is 0. The van der Waals surface area contributed by atoms with Crippen molar-refractivity contribution in [2.24, 2.45) is 0 Å². The van der Waals surface area contributed by atoms with E-state index in [0.29, 0.717) is 0 Å². The van der Waals surface area contributed by atoms with Crippen LogP contribution in [0.4, 0.5) is 0 Å². The molecule has 0 N–H and O–H groups in total. The van der Waals surface area contributed by atoms with Crippen LogP contribution in [0.5, 0.6) is 0 Å². The zero-order chi connectivity index (χ0) is 9.56. The average molecular weight is 221 g/mol. The van der Waals surface area contributed by atoms with Gasteiger partial charge < -0.3 is 0 Å². The standard InChI is InChI=1S/C8H14OPS2/c1-7(2)5-11-10(9)12-6-8(3)4/h5-6H,1-4H3/q+1. The SMILES string of the molecule is CC(C)=CS[P+](=O)SC=C(C)C. The van der Waals surface area contributed by atoms with Crippen LogP contribution in [0.2, 0.25) is 0 Å². The zero-order valence-corrected chi connectivity index (χ0v) is 10.4. The minimum atomic E-state index is -1.22. The van der Waals surface area contributed by atoms with E-state index in [4.69, 9.17) is 0 Å². The fourth-order valence-electron chi connectivity index (χ4n) is 0.322. The first-order chi connectivity index (χ1) is 5.52. The lowest BCUT2D eigenvalue weighted by atomic mass is 10.4. The third-order valence-corrected chi connectivity index (χ3v) is 5.46. The van der Waals surface area contributed by atoms with Crippen molar-refractivity contribution in [2.45, 2.75) is 27.7 Å². The first-order valence-electron chi connectivity index (χ1n) is 3.60. The van der Waals surface area contributed by atoms with Crippen molar-refractivity contribution in [1.29, 1.82) is 0 Å². The van der Waals surface area contributed by atoms with Crippen LogP contribution in [0.3, 0.4) is 0 Å². The van der Waals surface area contributed by atoms with Gasteiger partial charge in [0.1, 0.15) is 0 Å². The molecule has 0 aromatic rings. The van der Waals surface area contributed by atoms with Gasteiger partial charge in [0.05, 0.1) is 0 Å². The predicted molar refractivity (Wildman–Crippen MR) is 61.7 cm³/mol. The molecule has 0 bridgehead atoms. The van der Waals surface area contributed by atoms with E-state index >= 15 is 0 Å². The number of hydrogen-bond acceptors (Lipinski definition) is 3. The molecule has 0 aromatic carbocycles. The largest absolute Gasteiger partial charge is 0.492 e. The molecule has 0 radical (unpaired) electrons. The van der Waals surface area contributed by atoms with Gasteiger partial charge in [0.2, 0.25) is 0 Å². The number of allylic oxidation sites excluding steroid dienone is 2. The van der Waals surface area contributed by atoms with E-state index in [1.165, 1.54) is 33.9 Å². The lowest BCUT2D eigenvalue weighted by molar-refractivity contribution is 0.603. The molecule has 0 saturated carbocycles. The second-order valence-corrected chi connectivity index (χ2v) is 8.11. The van der Waals surface area contributed by atoms with E-state index in [1.807, 2.05) is 38.5 Å². The molecule has 1 nitrogen and oxygen atoms in total. The Labute approximate surface area is 83.4 Å². The van der Waals surface area contributed by atoms with Gasteiger partial charge in [-0.05, 0) is 32.3 Å². The molecule has 4 heteroatoms. The third kappa shape index (κ3) is 8.38. The normalized spacial score (nSPS) is 9.00. The van der Waals surface area contributed by atoms with E-state index in [1.54, 1.807) is 0 Å². The van der Waals surface area contributed by atoms with Crippen molar-refractivity contribution < 1.29 is 4.57 Å². The second-order valence-electron chi connectivity index (χ2n) is 2.82. The van der Waals surface area contributed by atoms with Gasteiger partial charge in [0.25, 0.3) is 0 Å². The van der Waals surface area contributed by atoms with Gasteiger partial charge >= 0.3 is 6.20 Å². The Morgan fingerprint density at radius 1 is 1.00 bits per heavy atom. The highest BCUT2D eigenvalue weighted by molar-refractivity contribution is 8.85. The van der Waals surface area contributed by atoms with Crippen molar-refractivity contribution in [1.82, 2.24) is 0 Å². The van der Waals surface area contributed by atoms with Crippen molar-refractivity contribution >= 4 is 29.0 Å². The monoisotopic (exact) mass is 221 g/mol. The number of hydrogen-bond donors (Lipinski definition) is 0.